The highest BCUT2D eigenvalue weighted by Gasteiger charge is 2.13. The van der Waals surface area contributed by atoms with E-state index in [1.165, 1.54) is 6.21 Å². The van der Waals surface area contributed by atoms with Gasteiger partial charge >= 0.3 is 0 Å². The van der Waals surface area contributed by atoms with Crippen LogP contribution in [0.15, 0.2) is 120 Å². The van der Waals surface area contributed by atoms with Crippen LogP contribution >= 0.6 is 11.6 Å². The number of benzene rings is 5. The van der Waals surface area contributed by atoms with Gasteiger partial charge in [0.2, 0.25) is 0 Å². The highest BCUT2D eigenvalue weighted by atomic mass is 35.5. The van der Waals surface area contributed by atoms with Crippen LogP contribution in [0, 0.1) is 0 Å². The first kappa shape index (κ1) is 32.9. The number of hydrazone groups is 1. The van der Waals surface area contributed by atoms with E-state index in [1.807, 2.05) is 85.8 Å². The molecule has 0 spiro atoms. The highest BCUT2D eigenvalue weighted by molar-refractivity contribution is 6.30. The summed E-state index contributed by atoms with van der Waals surface area (Å²) < 4.78 is 29.3. The summed E-state index contributed by atoms with van der Waals surface area (Å²) in [5.74, 6) is 2.38. The van der Waals surface area contributed by atoms with Crippen LogP contribution in [0.5, 0.6) is 28.7 Å². The molecule has 1 amide bonds. The Balaban J connectivity index is 1.21. The summed E-state index contributed by atoms with van der Waals surface area (Å²) in [6.07, 6.45) is 1.49. The molecule has 0 fully saturated rings. The molecule has 0 saturated carbocycles. The average Bonchev–Trinajstić information content (AvgIpc) is 3.11. The van der Waals surface area contributed by atoms with Crippen LogP contribution in [0.4, 0.5) is 0 Å². The second-order valence-electron chi connectivity index (χ2n) is 10.3. The predicted octanol–water partition coefficient (Wildman–Crippen LogP) is 8.25. The van der Waals surface area contributed by atoms with E-state index in [2.05, 4.69) is 10.5 Å². The number of carbonyl (C=O) groups excluding carboxylic acids is 1. The molecular weight excluding hydrogens is 616 g/mol. The maximum Gasteiger partial charge on any atom is 0.271 e. The van der Waals surface area contributed by atoms with Crippen LogP contribution in [-0.2, 0) is 19.8 Å². The summed E-state index contributed by atoms with van der Waals surface area (Å²) in [5, 5.41) is 4.66. The van der Waals surface area contributed by atoms with Gasteiger partial charge in [-0.2, -0.15) is 5.10 Å². The molecular formula is C38H35ClN2O6. The van der Waals surface area contributed by atoms with Crippen molar-refractivity contribution in [3.05, 3.63) is 148 Å². The van der Waals surface area contributed by atoms with Gasteiger partial charge in [-0.1, -0.05) is 78.3 Å². The number of carbonyl (C=O) groups is 1. The molecule has 0 saturated heterocycles. The number of hydrogen-bond acceptors (Lipinski definition) is 7. The van der Waals surface area contributed by atoms with Crippen molar-refractivity contribution in [1.29, 1.82) is 0 Å². The predicted molar refractivity (Wildman–Crippen MR) is 183 cm³/mol. The fourth-order valence-corrected chi connectivity index (χ4v) is 4.75. The third kappa shape index (κ3) is 9.51. The van der Waals surface area contributed by atoms with Gasteiger partial charge in [-0.15, -0.1) is 0 Å². The fraction of sp³-hybridized carbons (Fsp3) is 0.158. The van der Waals surface area contributed by atoms with Crippen LogP contribution in [0.25, 0.3) is 0 Å². The number of methoxy groups -OCH3 is 1. The standard InChI is InChI=1S/C38H35ClN2O6/c1-3-44-37-22-30(15-18-35(37)47-25-28-12-8-5-9-13-28)38(42)41-40-23-31-21-32(39)16-19-33(31)45-26-29-14-17-34(36(20-29)43-2)46-24-27-10-6-4-7-11-27/h4-23H,3,24-26H2,1-2H3,(H,41,42)/b40-23+. The van der Waals surface area contributed by atoms with Gasteiger partial charge in [-0.25, -0.2) is 5.43 Å². The van der Waals surface area contributed by atoms with Crippen molar-refractivity contribution >= 4 is 23.7 Å². The SMILES string of the molecule is CCOc1cc(C(=O)N/N=C/c2cc(Cl)ccc2OCc2ccc(OCc3ccccc3)c(OC)c2)ccc1OCc1ccccc1. The monoisotopic (exact) mass is 650 g/mol. The van der Waals surface area contributed by atoms with E-state index in [0.29, 0.717) is 64.7 Å². The smallest absolute Gasteiger partial charge is 0.271 e. The lowest BCUT2D eigenvalue weighted by Crippen LogP contribution is -2.18. The Morgan fingerprint density at radius 3 is 1.91 bits per heavy atom. The van der Waals surface area contributed by atoms with Crippen LogP contribution < -0.4 is 29.1 Å². The molecule has 0 radical (unpaired) electrons. The summed E-state index contributed by atoms with van der Waals surface area (Å²) in [6.45, 7) is 3.35. The molecule has 8 nitrogen and oxygen atoms in total. The molecule has 5 aromatic carbocycles. The van der Waals surface area contributed by atoms with E-state index in [0.717, 1.165) is 16.7 Å². The number of halogens is 1. The van der Waals surface area contributed by atoms with Crippen molar-refractivity contribution in [3.63, 3.8) is 0 Å². The molecule has 240 valence electrons. The van der Waals surface area contributed by atoms with Crippen LogP contribution in [0.1, 0.15) is 39.5 Å². The minimum atomic E-state index is -0.414. The van der Waals surface area contributed by atoms with Gasteiger partial charge in [0.15, 0.2) is 23.0 Å². The van der Waals surface area contributed by atoms with Gasteiger partial charge in [-0.05, 0) is 72.1 Å². The van der Waals surface area contributed by atoms with Gasteiger partial charge < -0.3 is 23.7 Å². The fourth-order valence-electron chi connectivity index (χ4n) is 4.57. The molecule has 0 atom stereocenters. The van der Waals surface area contributed by atoms with Gasteiger partial charge in [0, 0.05) is 16.1 Å². The minimum Gasteiger partial charge on any atom is -0.493 e. The molecule has 1 N–H and O–H groups in total. The molecule has 5 rings (SSSR count). The molecule has 0 unspecified atom stereocenters. The molecule has 47 heavy (non-hydrogen) atoms. The van der Waals surface area contributed by atoms with E-state index >= 15 is 0 Å². The van der Waals surface area contributed by atoms with E-state index in [4.69, 9.17) is 35.3 Å². The van der Waals surface area contributed by atoms with Crippen molar-refractivity contribution in [2.24, 2.45) is 5.10 Å². The van der Waals surface area contributed by atoms with E-state index in [9.17, 15) is 4.79 Å². The number of amides is 1. The lowest BCUT2D eigenvalue weighted by Gasteiger charge is -2.14. The second kappa shape index (κ2) is 16.7. The Bertz CT molecular complexity index is 1800. The first-order valence-corrected chi connectivity index (χ1v) is 15.4. The first-order chi connectivity index (χ1) is 23.0. The Kier molecular flexibility index (Phi) is 11.7. The lowest BCUT2D eigenvalue weighted by atomic mass is 10.2. The Morgan fingerprint density at radius 2 is 1.26 bits per heavy atom. The maximum absolute atomic E-state index is 13.0. The Labute approximate surface area is 279 Å². The summed E-state index contributed by atoms with van der Waals surface area (Å²) in [6, 6.07) is 35.6. The van der Waals surface area contributed by atoms with Gasteiger partial charge in [0.25, 0.3) is 5.91 Å². The summed E-state index contributed by atoms with van der Waals surface area (Å²) >= 11 is 6.27. The largest absolute Gasteiger partial charge is 0.493 e. The number of rotatable bonds is 15. The number of nitrogens with one attached hydrogen (secondary N) is 1. The molecule has 0 aliphatic rings. The van der Waals surface area contributed by atoms with Crippen LogP contribution in [0.3, 0.4) is 0 Å². The molecule has 0 aliphatic heterocycles. The Morgan fingerprint density at radius 1 is 0.660 bits per heavy atom. The second-order valence-corrected chi connectivity index (χ2v) is 10.7. The Hall–Kier alpha value is -5.47. The lowest BCUT2D eigenvalue weighted by molar-refractivity contribution is 0.0954. The quantitative estimate of drug-likeness (QED) is 0.0907. The molecule has 0 bridgehead atoms. The van der Waals surface area contributed by atoms with E-state index in [1.54, 1.807) is 43.5 Å². The number of ether oxygens (including phenoxy) is 5. The molecule has 5 aromatic rings. The normalized spacial score (nSPS) is 10.8. The molecule has 0 heterocycles. The van der Waals surface area contributed by atoms with Crippen molar-refractivity contribution in [2.75, 3.05) is 13.7 Å². The zero-order valence-electron chi connectivity index (χ0n) is 26.2. The van der Waals surface area contributed by atoms with E-state index in [-0.39, 0.29) is 6.61 Å². The number of nitrogens with zero attached hydrogens (tertiary/aromatic N) is 1. The van der Waals surface area contributed by atoms with Crippen molar-refractivity contribution in [2.45, 2.75) is 26.7 Å². The minimum absolute atomic E-state index is 0.253. The zero-order valence-corrected chi connectivity index (χ0v) is 26.9. The first-order valence-electron chi connectivity index (χ1n) is 15.1. The van der Waals surface area contributed by atoms with Gasteiger partial charge in [0.05, 0.1) is 19.9 Å². The topological polar surface area (TPSA) is 87.6 Å². The van der Waals surface area contributed by atoms with Crippen LogP contribution in [0.2, 0.25) is 5.02 Å². The summed E-state index contributed by atoms with van der Waals surface area (Å²) in [7, 11) is 1.60. The third-order valence-electron chi connectivity index (χ3n) is 6.94. The van der Waals surface area contributed by atoms with Crippen molar-refractivity contribution in [1.82, 2.24) is 5.43 Å². The zero-order chi connectivity index (χ0) is 32.8. The van der Waals surface area contributed by atoms with Crippen molar-refractivity contribution in [3.8, 4) is 28.7 Å². The van der Waals surface area contributed by atoms with Gasteiger partial charge in [0.1, 0.15) is 25.6 Å². The molecule has 0 aromatic heterocycles. The number of hydrogen-bond donors (Lipinski definition) is 1. The van der Waals surface area contributed by atoms with Crippen molar-refractivity contribution < 1.29 is 28.5 Å². The van der Waals surface area contributed by atoms with Crippen LogP contribution in [-0.4, -0.2) is 25.8 Å². The van der Waals surface area contributed by atoms with Gasteiger partial charge in [-0.3, -0.25) is 4.79 Å². The summed E-state index contributed by atoms with van der Waals surface area (Å²) in [5.41, 5.74) is 6.48. The molecule has 0 aliphatic carbocycles. The highest BCUT2D eigenvalue weighted by Crippen LogP contribution is 2.31. The van der Waals surface area contributed by atoms with E-state index < -0.39 is 5.91 Å². The summed E-state index contributed by atoms with van der Waals surface area (Å²) in [4.78, 5) is 13.0. The average molecular weight is 651 g/mol. The third-order valence-corrected chi connectivity index (χ3v) is 7.18. The molecule has 9 heteroatoms. The maximum atomic E-state index is 13.0.